The molecule has 0 unspecified atom stereocenters. The van der Waals surface area contributed by atoms with Gasteiger partial charge in [-0.25, -0.2) is 0 Å². The highest BCUT2D eigenvalue weighted by Gasteiger charge is 2.68. The highest BCUT2D eigenvalue weighted by Crippen LogP contribution is 2.68. The first-order valence-electron chi connectivity index (χ1n) is 33.5. The summed E-state index contributed by atoms with van der Waals surface area (Å²) in [6, 6.07) is -10.5. The van der Waals surface area contributed by atoms with Gasteiger partial charge in [-0.05, 0) is 107 Å². The van der Waals surface area contributed by atoms with Crippen LogP contribution in [0.4, 0.5) is 298 Å². The minimum Gasteiger partial charge on any atom is -0.309 e. The van der Waals surface area contributed by atoms with Crippen LogP contribution in [-0.4, -0.2) is 9.97 Å². The predicted molar refractivity (Wildman–Crippen MR) is 333 cm³/mol. The summed E-state index contributed by atoms with van der Waals surface area (Å²) < 4.78 is 926. The van der Waals surface area contributed by atoms with Gasteiger partial charge in [-0.15, -0.1) is 0 Å². The molecule has 0 spiro atoms. The Morgan fingerprint density at radius 2 is 0.265 bits per heavy atom. The van der Waals surface area contributed by atoms with Crippen LogP contribution in [0.5, 0.6) is 0 Å². The molecule has 0 saturated heterocycles. The predicted octanol–water partition coefficient (Wildman–Crippen LogP) is 34.5. The number of anilines is 6. The molecule has 0 N–H and O–H groups in total. The first-order valence-corrected chi connectivity index (χ1v) is 33.5. The minimum atomic E-state index is -8.16. The highest BCUT2D eigenvalue weighted by molar-refractivity contribution is 5.94. The number of hydrogen-bond donors (Lipinski definition) is 0. The summed E-state index contributed by atoms with van der Waals surface area (Å²) in [4.78, 5) is 4.86. The second-order valence-corrected chi connectivity index (χ2v) is 27.1. The van der Waals surface area contributed by atoms with E-state index < -0.39 is 384 Å². The molecule has 136 heavy (non-hydrogen) atoms. The molecule has 0 fully saturated rings. The average molecular weight is 2080 g/mol. The van der Waals surface area contributed by atoms with Crippen LogP contribution in [0.1, 0.15) is 111 Å². The summed E-state index contributed by atoms with van der Waals surface area (Å²) in [7, 11) is 0. The van der Waals surface area contributed by atoms with Crippen molar-refractivity contribution in [3.05, 3.63) is 221 Å². The van der Waals surface area contributed by atoms with Crippen molar-refractivity contribution in [2.24, 2.45) is 0 Å². The van der Waals surface area contributed by atoms with Gasteiger partial charge >= 0.3 is 124 Å². The molecule has 0 aliphatic heterocycles. The third-order valence-electron chi connectivity index (χ3n) is 18.4. The lowest BCUT2D eigenvalue weighted by atomic mass is 9.79. The SMILES string of the molecule is FC(F)(F)c1c(-c2cc(-c3c(C(F)(F)F)c(C(F)(F)F)c(C(F)(F)F)c(C(F)(F)F)c3C(F)(F)F)cc(N(c3ccc(N(c4cccnc4)c4cc(-c5c(C(F)(F)F)c(C(F)(F)F)c(C(F)(F)F)c(C(F)(F)F)c5C(F)(F)F)cc(-c5c(C(F)(F)F)c(C(F)(F)F)c(C(F)(F)F)c(C(F)(F)F)c5C(F)(F)F)c4)cc3)c3cccnc3)c2)c(C(F)(F)F)c(C(F)(F)F)c(C(F)(F)F)c1C(F)(F)F. The van der Waals surface area contributed by atoms with Gasteiger partial charge < -0.3 is 9.80 Å². The highest BCUT2D eigenvalue weighted by atomic mass is 19.5. The van der Waals surface area contributed by atoms with Gasteiger partial charge in [-0.2, -0.15) is 263 Å². The zero-order valence-electron chi connectivity index (χ0n) is 61.9. The Labute approximate surface area is 705 Å². The number of hydrogen-bond acceptors (Lipinski definition) is 4. The van der Waals surface area contributed by atoms with Gasteiger partial charge in [0.25, 0.3) is 0 Å². The van der Waals surface area contributed by atoms with Gasteiger partial charge in [0.05, 0.1) is 135 Å². The van der Waals surface area contributed by atoms with Crippen LogP contribution < -0.4 is 9.80 Å². The average Bonchev–Trinajstić information content (AvgIpc) is 0.716. The molecular formula is C72H18F60N4. The van der Waals surface area contributed by atoms with Crippen molar-refractivity contribution in [3.8, 4) is 44.5 Å². The van der Waals surface area contributed by atoms with Crippen molar-refractivity contribution in [3.63, 3.8) is 0 Å². The van der Waals surface area contributed by atoms with Crippen LogP contribution in [0, 0.1) is 0 Å². The van der Waals surface area contributed by atoms with Crippen LogP contribution in [0.2, 0.25) is 0 Å². The van der Waals surface area contributed by atoms with Gasteiger partial charge in [0, 0.05) is 57.4 Å². The van der Waals surface area contributed by atoms with E-state index in [9.17, 15) is 52.7 Å². The van der Waals surface area contributed by atoms with E-state index in [0.29, 0.717) is 0 Å². The van der Waals surface area contributed by atoms with E-state index in [-0.39, 0.29) is 49.1 Å². The van der Waals surface area contributed by atoms with Crippen LogP contribution in [0.3, 0.4) is 0 Å². The van der Waals surface area contributed by atoms with Crippen molar-refractivity contribution in [1.82, 2.24) is 9.97 Å². The van der Waals surface area contributed by atoms with Crippen LogP contribution in [0.25, 0.3) is 44.5 Å². The second-order valence-electron chi connectivity index (χ2n) is 27.1. The maximum Gasteiger partial charge on any atom is 0.417 e. The Balaban J connectivity index is 1.68. The summed E-state index contributed by atoms with van der Waals surface area (Å²) >= 11 is 0. The van der Waals surface area contributed by atoms with E-state index >= 15 is 211 Å². The summed E-state index contributed by atoms with van der Waals surface area (Å²) in [6.45, 7) is 0. The van der Waals surface area contributed by atoms with E-state index in [1.54, 1.807) is 0 Å². The first kappa shape index (κ1) is 108. The zero-order chi connectivity index (χ0) is 105. The number of halogens is 60. The molecule has 0 amide bonds. The fourth-order valence-electron chi connectivity index (χ4n) is 14.5. The molecule has 9 rings (SSSR count). The van der Waals surface area contributed by atoms with E-state index in [2.05, 4.69) is 9.97 Å². The molecule has 2 aromatic heterocycles. The molecule has 0 aliphatic rings. The molecular weight excluding hydrogens is 2060 g/mol. The molecule has 7 aromatic carbocycles. The lowest BCUT2D eigenvalue weighted by Crippen LogP contribution is -2.32. The van der Waals surface area contributed by atoms with Gasteiger partial charge in [0.1, 0.15) is 0 Å². The number of nitrogens with zero attached hydrogens (tertiary/aromatic N) is 4. The van der Waals surface area contributed by atoms with Gasteiger partial charge in [0.15, 0.2) is 0 Å². The molecule has 64 heteroatoms. The molecule has 0 saturated carbocycles. The second kappa shape index (κ2) is 33.0. The maximum atomic E-state index is 15.8. The Kier molecular flexibility index (Phi) is 26.2. The molecule has 0 bridgehead atoms. The maximum absolute atomic E-state index is 15.8. The van der Waals surface area contributed by atoms with Gasteiger partial charge in [-0.1, -0.05) is 0 Å². The Morgan fingerprint density at radius 1 is 0.140 bits per heavy atom. The zero-order valence-corrected chi connectivity index (χ0v) is 61.9. The van der Waals surface area contributed by atoms with Crippen molar-refractivity contribution >= 4 is 34.1 Å². The van der Waals surface area contributed by atoms with Crippen LogP contribution in [0.15, 0.2) is 110 Å². The minimum absolute atomic E-state index is 0.00378. The van der Waals surface area contributed by atoms with E-state index in [0.717, 1.165) is 0 Å². The molecule has 746 valence electrons. The Morgan fingerprint density at radius 3 is 0.375 bits per heavy atom. The molecule has 0 atom stereocenters. The summed E-state index contributed by atoms with van der Waals surface area (Å²) in [6.07, 6.45) is -163. The first-order chi connectivity index (χ1) is 60.3. The third kappa shape index (κ3) is 20.8. The molecule has 0 aliphatic carbocycles. The molecule has 9 aromatic rings. The number of benzene rings is 7. The third-order valence-corrected chi connectivity index (χ3v) is 18.4. The van der Waals surface area contributed by atoms with Gasteiger partial charge in [-0.3, -0.25) is 9.97 Å². The number of rotatable bonds is 10. The molecule has 4 nitrogen and oxygen atoms in total. The van der Waals surface area contributed by atoms with Gasteiger partial charge in [0.2, 0.25) is 0 Å². The molecule has 0 radical (unpaired) electrons. The van der Waals surface area contributed by atoms with Crippen LogP contribution in [-0.2, 0) is 124 Å². The van der Waals surface area contributed by atoms with E-state index in [1.165, 1.54) is 0 Å². The van der Waals surface area contributed by atoms with E-state index in [4.69, 9.17) is 0 Å². The standard InChI is InChI=1S/C72H18F60N4/c73-53(74,75)33-29(34(54(76,77)78)42(62(100,101)102)49(69(121,122)123)41(33)61(97,98)99)19-11-20(30-35(55(79,80)81)43(63(103,104)105)50(70(124,125)126)44(64(106,107)108)36(30)56(82,83)84)14-27(13-19)135(25-3-1-9-133-17-25)23-5-7-24(8-6-23)136(26-4-2-10-134-18-26)28-15-21(31-37(57(85,86)87)45(65(109,110)111)51(71(127,128)129)46(66(112,113)114)38(31)58(88,89)90)12-22(16-28)32-39(59(91,92)93)47(67(115,116)117)52(72(130,131)132)48(68(118,119)120)40(32)60(94,95)96/h1-18H. The molecule has 2 heterocycles. The normalized spacial score (nSPS) is 14.3. The number of pyridine rings is 2. The number of aromatic nitrogens is 2. The van der Waals surface area contributed by atoms with Crippen molar-refractivity contribution in [2.75, 3.05) is 9.80 Å². The van der Waals surface area contributed by atoms with Crippen molar-refractivity contribution in [1.29, 1.82) is 0 Å². The monoisotopic (exact) mass is 2080 g/mol. The van der Waals surface area contributed by atoms with E-state index in [1.807, 2.05) is 0 Å². The summed E-state index contributed by atoms with van der Waals surface area (Å²) in [5.74, 6) is 0. The topological polar surface area (TPSA) is 32.3 Å². The fraction of sp³-hybridized carbons (Fsp3) is 0.278. The smallest absolute Gasteiger partial charge is 0.309 e. The Hall–Kier alpha value is -11.8. The van der Waals surface area contributed by atoms with Crippen molar-refractivity contribution in [2.45, 2.75) is 124 Å². The largest absolute Gasteiger partial charge is 0.417 e. The summed E-state index contributed by atoms with van der Waals surface area (Å²) in [5, 5.41) is 0. The van der Waals surface area contributed by atoms with Crippen molar-refractivity contribution < 1.29 is 263 Å². The summed E-state index contributed by atoms with van der Waals surface area (Å²) in [5.41, 5.74) is -150. The fourth-order valence-corrected chi connectivity index (χ4v) is 14.5. The van der Waals surface area contributed by atoms with Crippen LogP contribution >= 0.6 is 0 Å². The lowest BCUT2D eigenvalue weighted by Gasteiger charge is -2.33. The quantitative estimate of drug-likeness (QED) is 0.128. The Bertz CT molecular complexity index is 5180. The lowest BCUT2D eigenvalue weighted by molar-refractivity contribution is -0.188. The number of alkyl halides is 60.